The van der Waals surface area contributed by atoms with Crippen molar-refractivity contribution in [3.63, 3.8) is 0 Å². The molecule has 0 radical (unpaired) electrons. The SMILES string of the molecule is CC(C)C(CN)C(O)c1ccccc1Cl. The quantitative estimate of drug-likeness (QED) is 0.831. The van der Waals surface area contributed by atoms with Crippen LogP contribution in [0.15, 0.2) is 24.3 Å². The van der Waals surface area contributed by atoms with Crippen molar-refractivity contribution in [3.8, 4) is 0 Å². The summed E-state index contributed by atoms with van der Waals surface area (Å²) in [4.78, 5) is 0. The molecule has 0 aliphatic carbocycles. The maximum Gasteiger partial charge on any atom is 0.0847 e. The van der Waals surface area contributed by atoms with Crippen molar-refractivity contribution in [2.24, 2.45) is 17.6 Å². The first-order chi connectivity index (χ1) is 7.07. The van der Waals surface area contributed by atoms with E-state index in [1.807, 2.05) is 18.2 Å². The van der Waals surface area contributed by atoms with Crippen LogP contribution in [-0.4, -0.2) is 11.7 Å². The lowest BCUT2D eigenvalue weighted by Crippen LogP contribution is -2.26. The number of hydrogen-bond acceptors (Lipinski definition) is 2. The van der Waals surface area contributed by atoms with Gasteiger partial charge in [0.2, 0.25) is 0 Å². The van der Waals surface area contributed by atoms with E-state index >= 15 is 0 Å². The molecule has 1 rings (SSSR count). The van der Waals surface area contributed by atoms with E-state index in [4.69, 9.17) is 17.3 Å². The van der Waals surface area contributed by atoms with Crippen LogP contribution >= 0.6 is 11.6 Å². The molecule has 15 heavy (non-hydrogen) atoms. The summed E-state index contributed by atoms with van der Waals surface area (Å²) in [5, 5.41) is 10.8. The molecule has 0 saturated carbocycles. The smallest absolute Gasteiger partial charge is 0.0847 e. The second-order valence-electron chi connectivity index (χ2n) is 4.11. The van der Waals surface area contributed by atoms with Gasteiger partial charge in [-0.05, 0) is 24.1 Å². The molecule has 1 aromatic rings. The van der Waals surface area contributed by atoms with Crippen molar-refractivity contribution < 1.29 is 5.11 Å². The summed E-state index contributed by atoms with van der Waals surface area (Å²) in [6.07, 6.45) is -0.580. The van der Waals surface area contributed by atoms with Crippen molar-refractivity contribution in [3.05, 3.63) is 34.9 Å². The standard InChI is InChI=1S/C12H18ClNO/c1-8(2)10(7-14)12(15)9-5-3-4-6-11(9)13/h3-6,8,10,12,15H,7,14H2,1-2H3. The first kappa shape index (κ1) is 12.5. The summed E-state index contributed by atoms with van der Waals surface area (Å²) in [6.45, 7) is 4.57. The average molecular weight is 228 g/mol. The average Bonchev–Trinajstić information content (AvgIpc) is 2.18. The summed E-state index contributed by atoms with van der Waals surface area (Å²) in [6, 6.07) is 7.36. The van der Waals surface area contributed by atoms with Gasteiger partial charge in [0.25, 0.3) is 0 Å². The van der Waals surface area contributed by atoms with Crippen LogP contribution in [0, 0.1) is 11.8 Å². The number of rotatable bonds is 4. The zero-order valence-corrected chi connectivity index (χ0v) is 9.91. The van der Waals surface area contributed by atoms with Crippen molar-refractivity contribution in [1.29, 1.82) is 0 Å². The number of aliphatic hydroxyl groups is 1. The van der Waals surface area contributed by atoms with Crippen LogP contribution in [0.25, 0.3) is 0 Å². The summed E-state index contributed by atoms with van der Waals surface area (Å²) >= 11 is 6.02. The lowest BCUT2D eigenvalue weighted by Gasteiger charge is -2.25. The Hall–Kier alpha value is -0.570. The Morgan fingerprint density at radius 3 is 2.40 bits per heavy atom. The number of benzene rings is 1. The van der Waals surface area contributed by atoms with Crippen LogP contribution in [0.3, 0.4) is 0 Å². The third kappa shape index (κ3) is 2.94. The zero-order valence-electron chi connectivity index (χ0n) is 9.15. The molecule has 0 spiro atoms. The number of halogens is 1. The van der Waals surface area contributed by atoms with Crippen LogP contribution < -0.4 is 5.73 Å². The predicted molar refractivity (Wildman–Crippen MR) is 63.8 cm³/mol. The maximum atomic E-state index is 10.2. The molecule has 0 aliphatic rings. The van der Waals surface area contributed by atoms with Crippen molar-refractivity contribution in [1.82, 2.24) is 0 Å². The molecular formula is C12H18ClNO. The molecule has 0 aliphatic heterocycles. The van der Waals surface area contributed by atoms with Gasteiger partial charge in [-0.25, -0.2) is 0 Å². The van der Waals surface area contributed by atoms with Crippen molar-refractivity contribution in [2.45, 2.75) is 20.0 Å². The number of aliphatic hydroxyl groups excluding tert-OH is 1. The first-order valence-electron chi connectivity index (χ1n) is 5.20. The molecule has 3 heteroatoms. The minimum absolute atomic E-state index is 0.0462. The second kappa shape index (κ2) is 5.50. The first-order valence-corrected chi connectivity index (χ1v) is 5.58. The minimum Gasteiger partial charge on any atom is -0.388 e. The van der Waals surface area contributed by atoms with Gasteiger partial charge in [0.15, 0.2) is 0 Å². The molecule has 2 atom stereocenters. The highest BCUT2D eigenvalue weighted by Crippen LogP contribution is 2.31. The Morgan fingerprint density at radius 1 is 1.33 bits per heavy atom. The van der Waals surface area contributed by atoms with Crippen LogP contribution in [0.5, 0.6) is 0 Å². The summed E-state index contributed by atoms with van der Waals surface area (Å²) < 4.78 is 0. The molecule has 2 nitrogen and oxygen atoms in total. The Balaban J connectivity index is 2.92. The third-order valence-electron chi connectivity index (χ3n) is 2.76. The number of nitrogens with two attached hydrogens (primary N) is 1. The van der Waals surface area contributed by atoms with E-state index < -0.39 is 6.10 Å². The maximum absolute atomic E-state index is 10.2. The van der Waals surface area contributed by atoms with E-state index in [0.717, 1.165) is 5.56 Å². The van der Waals surface area contributed by atoms with Crippen LogP contribution in [0.4, 0.5) is 0 Å². The van der Waals surface area contributed by atoms with Gasteiger partial charge in [-0.3, -0.25) is 0 Å². The molecule has 0 saturated heterocycles. The third-order valence-corrected chi connectivity index (χ3v) is 3.10. The van der Waals surface area contributed by atoms with Crippen molar-refractivity contribution >= 4 is 11.6 Å². The lowest BCUT2D eigenvalue weighted by molar-refractivity contribution is 0.0862. The molecule has 0 aromatic heterocycles. The molecular weight excluding hydrogens is 210 g/mol. The topological polar surface area (TPSA) is 46.2 Å². The largest absolute Gasteiger partial charge is 0.388 e. The van der Waals surface area contributed by atoms with Gasteiger partial charge < -0.3 is 10.8 Å². The molecule has 84 valence electrons. The van der Waals surface area contributed by atoms with Crippen molar-refractivity contribution in [2.75, 3.05) is 6.54 Å². The van der Waals surface area contributed by atoms with Gasteiger partial charge >= 0.3 is 0 Å². The Kier molecular flexibility index (Phi) is 4.58. The zero-order chi connectivity index (χ0) is 11.4. The van der Waals surface area contributed by atoms with E-state index in [1.165, 1.54) is 0 Å². The Morgan fingerprint density at radius 2 is 1.93 bits per heavy atom. The summed E-state index contributed by atoms with van der Waals surface area (Å²) in [5.41, 5.74) is 6.43. The van der Waals surface area contributed by atoms with Crippen LogP contribution in [0.1, 0.15) is 25.5 Å². The van der Waals surface area contributed by atoms with Gasteiger partial charge in [0, 0.05) is 10.9 Å². The fourth-order valence-corrected chi connectivity index (χ4v) is 1.96. The van der Waals surface area contributed by atoms with E-state index in [0.29, 0.717) is 17.5 Å². The fourth-order valence-electron chi connectivity index (χ4n) is 1.71. The second-order valence-corrected chi connectivity index (χ2v) is 4.52. The molecule has 3 N–H and O–H groups in total. The number of hydrogen-bond donors (Lipinski definition) is 2. The van der Waals surface area contributed by atoms with Gasteiger partial charge in [0.1, 0.15) is 0 Å². The minimum atomic E-state index is -0.580. The Bertz CT molecular complexity index is 314. The fraction of sp³-hybridized carbons (Fsp3) is 0.500. The van der Waals surface area contributed by atoms with Crippen LogP contribution in [0.2, 0.25) is 5.02 Å². The van der Waals surface area contributed by atoms with E-state index in [9.17, 15) is 5.11 Å². The summed E-state index contributed by atoms with van der Waals surface area (Å²) in [7, 11) is 0. The molecule has 2 unspecified atom stereocenters. The van der Waals surface area contributed by atoms with E-state index in [2.05, 4.69) is 13.8 Å². The predicted octanol–water partition coefficient (Wildman–Crippen LogP) is 2.60. The van der Waals surface area contributed by atoms with Gasteiger partial charge in [-0.15, -0.1) is 0 Å². The molecule has 0 bridgehead atoms. The van der Waals surface area contributed by atoms with E-state index in [1.54, 1.807) is 6.07 Å². The van der Waals surface area contributed by atoms with E-state index in [-0.39, 0.29) is 5.92 Å². The Labute approximate surface area is 96.1 Å². The normalized spacial score (nSPS) is 15.3. The molecule has 0 fully saturated rings. The monoisotopic (exact) mass is 227 g/mol. The highest BCUT2D eigenvalue weighted by Gasteiger charge is 2.23. The summed E-state index contributed by atoms with van der Waals surface area (Å²) in [5.74, 6) is 0.381. The van der Waals surface area contributed by atoms with Crippen LogP contribution in [-0.2, 0) is 0 Å². The molecule has 1 aromatic carbocycles. The van der Waals surface area contributed by atoms with Gasteiger partial charge in [-0.2, -0.15) is 0 Å². The molecule has 0 heterocycles. The highest BCUT2D eigenvalue weighted by molar-refractivity contribution is 6.31. The lowest BCUT2D eigenvalue weighted by atomic mass is 9.86. The van der Waals surface area contributed by atoms with Gasteiger partial charge in [-0.1, -0.05) is 43.6 Å². The highest BCUT2D eigenvalue weighted by atomic mass is 35.5. The molecule has 0 amide bonds. The van der Waals surface area contributed by atoms with Gasteiger partial charge in [0.05, 0.1) is 6.10 Å².